The summed E-state index contributed by atoms with van der Waals surface area (Å²) in [5, 5.41) is 0. The minimum atomic E-state index is -0.0235. The number of para-hydroxylation sites is 1. The van der Waals surface area contributed by atoms with Crippen LogP contribution in [-0.4, -0.2) is 53.4 Å². The van der Waals surface area contributed by atoms with Gasteiger partial charge in [0.05, 0.1) is 0 Å². The highest BCUT2D eigenvalue weighted by Gasteiger charge is 2.28. The van der Waals surface area contributed by atoms with E-state index in [-0.39, 0.29) is 11.9 Å². The van der Waals surface area contributed by atoms with Crippen molar-refractivity contribution in [1.29, 1.82) is 0 Å². The summed E-state index contributed by atoms with van der Waals surface area (Å²) in [6.07, 6.45) is 1.64. The van der Waals surface area contributed by atoms with Gasteiger partial charge in [0.1, 0.15) is 11.3 Å². The second-order valence-electron chi connectivity index (χ2n) is 5.88. The third-order valence-electron chi connectivity index (χ3n) is 4.05. The van der Waals surface area contributed by atoms with Crippen molar-refractivity contribution in [2.24, 2.45) is 0 Å². The molecule has 1 atom stereocenters. The van der Waals surface area contributed by atoms with E-state index in [1.54, 1.807) is 18.3 Å². The Kier molecular flexibility index (Phi) is 4.57. The van der Waals surface area contributed by atoms with Crippen LogP contribution in [-0.2, 0) is 0 Å². The highest BCUT2D eigenvalue weighted by molar-refractivity contribution is 5.96. The fourth-order valence-electron chi connectivity index (χ4n) is 2.83. The maximum Gasteiger partial charge on any atom is 0.259 e. The van der Waals surface area contributed by atoms with Crippen molar-refractivity contribution in [2.75, 3.05) is 26.7 Å². The first-order valence-corrected chi connectivity index (χ1v) is 7.82. The van der Waals surface area contributed by atoms with Crippen molar-refractivity contribution < 1.29 is 9.53 Å². The first kappa shape index (κ1) is 15.5. The minimum absolute atomic E-state index is 0.0235. The highest BCUT2D eigenvalue weighted by atomic mass is 16.5. The number of hydrogen-bond donors (Lipinski definition) is 0. The molecule has 0 spiro atoms. The monoisotopic (exact) mass is 311 g/mol. The van der Waals surface area contributed by atoms with E-state index in [1.807, 2.05) is 35.2 Å². The number of amides is 1. The summed E-state index contributed by atoms with van der Waals surface area (Å²) >= 11 is 0. The Balaban J connectivity index is 1.84. The van der Waals surface area contributed by atoms with Crippen LogP contribution in [0.25, 0.3) is 0 Å². The first-order valence-electron chi connectivity index (χ1n) is 7.82. The number of rotatable bonds is 3. The molecular weight excluding hydrogens is 290 g/mol. The number of pyridine rings is 1. The molecule has 0 N–H and O–H groups in total. The number of nitrogens with zero attached hydrogens (tertiary/aromatic N) is 3. The van der Waals surface area contributed by atoms with Crippen molar-refractivity contribution in [1.82, 2.24) is 14.8 Å². The number of carbonyl (C=O) groups excluding carboxylic acids is 1. The van der Waals surface area contributed by atoms with Crippen molar-refractivity contribution in [3.63, 3.8) is 0 Å². The second-order valence-corrected chi connectivity index (χ2v) is 5.88. The number of hydrogen-bond acceptors (Lipinski definition) is 4. The molecule has 1 aromatic carbocycles. The number of piperazine rings is 1. The van der Waals surface area contributed by atoms with Crippen LogP contribution in [0, 0.1) is 0 Å². The topological polar surface area (TPSA) is 45.7 Å². The molecule has 1 saturated heterocycles. The molecule has 120 valence electrons. The molecule has 0 aliphatic carbocycles. The van der Waals surface area contributed by atoms with E-state index < -0.39 is 0 Å². The normalized spacial score (nSPS) is 18.7. The standard InChI is InChI=1S/C18H21N3O2/c1-14-13-20(2)11-12-21(14)18(22)16-9-6-10-19-17(16)23-15-7-4-3-5-8-15/h3-10,14H,11-13H2,1-2H3/t14-/m0/s1. The van der Waals surface area contributed by atoms with E-state index in [0.717, 1.165) is 19.6 Å². The average Bonchev–Trinajstić information content (AvgIpc) is 2.56. The molecule has 1 fully saturated rings. The van der Waals surface area contributed by atoms with Gasteiger partial charge in [-0.2, -0.15) is 0 Å². The summed E-state index contributed by atoms with van der Waals surface area (Å²) in [6, 6.07) is 13.1. The predicted octanol–water partition coefficient (Wildman–Crippen LogP) is 2.65. The fourth-order valence-corrected chi connectivity index (χ4v) is 2.83. The molecule has 0 radical (unpaired) electrons. The lowest BCUT2D eigenvalue weighted by molar-refractivity contribution is 0.0530. The Labute approximate surface area is 136 Å². The molecule has 5 nitrogen and oxygen atoms in total. The van der Waals surface area contributed by atoms with Crippen molar-refractivity contribution in [3.05, 3.63) is 54.2 Å². The summed E-state index contributed by atoms with van der Waals surface area (Å²) in [5.74, 6) is 1.01. The lowest BCUT2D eigenvalue weighted by atomic mass is 10.1. The SMILES string of the molecule is C[C@H]1CN(C)CCN1C(=O)c1cccnc1Oc1ccccc1. The van der Waals surface area contributed by atoms with E-state index in [0.29, 0.717) is 17.2 Å². The number of benzene rings is 1. The van der Waals surface area contributed by atoms with Gasteiger partial charge in [-0.3, -0.25) is 4.79 Å². The molecule has 2 heterocycles. The number of likely N-dealkylation sites (N-methyl/N-ethyl adjacent to an activating group) is 1. The molecule has 1 aromatic heterocycles. The van der Waals surface area contributed by atoms with Crippen LogP contribution in [0.3, 0.4) is 0 Å². The molecule has 0 saturated carbocycles. The third kappa shape index (κ3) is 3.51. The van der Waals surface area contributed by atoms with Crippen molar-refractivity contribution in [2.45, 2.75) is 13.0 Å². The Morgan fingerprint density at radius 1 is 1.17 bits per heavy atom. The van der Waals surface area contributed by atoms with Gasteiger partial charge in [0.25, 0.3) is 5.91 Å². The molecule has 1 aliphatic rings. The third-order valence-corrected chi connectivity index (χ3v) is 4.05. The summed E-state index contributed by atoms with van der Waals surface area (Å²) in [6.45, 7) is 4.55. The molecule has 23 heavy (non-hydrogen) atoms. The molecule has 2 aromatic rings. The molecular formula is C18H21N3O2. The number of aromatic nitrogens is 1. The summed E-state index contributed by atoms with van der Waals surface area (Å²) < 4.78 is 5.81. The second kappa shape index (κ2) is 6.79. The van der Waals surface area contributed by atoms with Crippen LogP contribution < -0.4 is 4.74 Å². The molecule has 3 rings (SSSR count). The molecule has 5 heteroatoms. The first-order chi connectivity index (χ1) is 11.1. The zero-order valence-electron chi connectivity index (χ0n) is 13.5. The van der Waals surface area contributed by atoms with Gasteiger partial charge in [0, 0.05) is 31.9 Å². The Morgan fingerprint density at radius 3 is 2.70 bits per heavy atom. The van der Waals surface area contributed by atoms with Crippen LogP contribution in [0.2, 0.25) is 0 Å². The van der Waals surface area contributed by atoms with Crippen LogP contribution in [0.5, 0.6) is 11.6 Å². The van der Waals surface area contributed by atoms with Gasteiger partial charge in [0.2, 0.25) is 5.88 Å². The average molecular weight is 311 g/mol. The Morgan fingerprint density at radius 2 is 1.96 bits per heavy atom. The highest BCUT2D eigenvalue weighted by Crippen LogP contribution is 2.24. The fraction of sp³-hybridized carbons (Fsp3) is 0.333. The van der Waals surface area contributed by atoms with Crippen LogP contribution in [0.4, 0.5) is 0 Å². The van der Waals surface area contributed by atoms with Gasteiger partial charge in [-0.15, -0.1) is 0 Å². The largest absolute Gasteiger partial charge is 0.438 e. The maximum atomic E-state index is 12.9. The summed E-state index contributed by atoms with van der Waals surface area (Å²) in [7, 11) is 2.08. The number of carbonyl (C=O) groups is 1. The van der Waals surface area contributed by atoms with E-state index in [4.69, 9.17) is 4.74 Å². The van der Waals surface area contributed by atoms with E-state index >= 15 is 0 Å². The zero-order chi connectivity index (χ0) is 16.2. The smallest absolute Gasteiger partial charge is 0.259 e. The van der Waals surface area contributed by atoms with Crippen LogP contribution in [0.1, 0.15) is 17.3 Å². The quantitative estimate of drug-likeness (QED) is 0.874. The lowest BCUT2D eigenvalue weighted by Crippen LogP contribution is -2.52. The summed E-state index contributed by atoms with van der Waals surface area (Å²) in [5.41, 5.74) is 0.507. The van der Waals surface area contributed by atoms with Gasteiger partial charge >= 0.3 is 0 Å². The van der Waals surface area contributed by atoms with Crippen LogP contribution >= 0.6 is 0 Å². The molecule has 0 bridgehead atoms. The van der Waals surface area contributed by atoms with Gasteiger partial charge in [0.15, 0.2) is 0 Å². The van der Waals surface area contributed by atoms with E-state index in [9.17, 15) is 4.79 Å². The lowest BCUT2D eigenvalue weighted by Gasteiger charge is -2.38. The van der Waals surface area contributed by atoms with Gasteiger partial charge in [-0.05, 0) is 38.2 Å². The van der Waals surface area contributed by atoms with Crippen molar-refractivity contribution >= 4 is 5.91 Å². The minimum Gasteiger partial charge on any atom is -0.438 e. The molecule has 0 unspecified atom stereocenters. The Bertz CT molecular complexity index is 675. The summed E-state index contributed by atoms with van der Waals surface area (Å²) in [4.78, 5) is 21.3. The zero-order valence-corrected chi connectivity index (χ0v) is 13.5. The van der Waals surface area contributed by atoms with Gasteiger partial charge < -0.3 is 14.5 Å². The molecule has 1 aliphatic heterocycles. The Hall–Kier alpha value is -2.40. The van der Waals surface area contributed by atoms with Gasteiger partial charge in [-0.1, -0.05) is 18.2 Å². The molecule has 1 amide bonds. The predicted molar refractivity (Wildman–Crippen MR) is 88.7 cm³/mol. The van der Waals surface area contributed by atoms with Gasteiger partial charge in [-0.25, -0.2) is 4.98 Å². The maximum absolute atomic E-state index is 12.9. The van der Waals surface area contributed by atoms with E-state index in [1.165, 1.54) is 0 Å². The van der Waals surface area contributed by atoms with Crippen molar-refractivity contribution in [3.8, 4) is 11.6 Å². The number of ether oxygens (including phenoxy) is 1. The van der Waals surface area contributed by atoms with E-state index in [2.05, 4.69) is 23.9 Å². The van der Waals surface area contributed by atoms with Crippen LogP contribution in [0.15, 0.2) is 48.7 Å².